The van der Waals surface area contributed by atoms with Crippen molar-refractivity contribution in [2.75, 3.05) is 0 Å². The van der Waals surface area contributed by atoms with Gasteiger partial charge in [-0.25, -0.2) is 0 Å². The molecule has 23 nitrogen and oxygen atoms in total. The molecule has 9 N–H and O–H groups in total. The molecule has 0 aliphatic carbocycles. The minimum Gasteiger partial charge on any atom is -0.456 e. The maximum absolute atomic E-state index is 13.9. The van der Waals surface area contributed by atoms with Crippen molar-refractivity contribution in [2.24, 2.45) is 5.92 Å². The summed E-state index contributed by atoms with van der Waals surface area (Å²) in [5, 5.41) is 100.0. The lowest BCUT2D eigenvalue weighted by Crippen LogP contribution is -2.68. The van der Waals surface area contributed by atoms with Crippen LogP contribution < -0.4 is 0 Å². The van der Waals surface area contributed by atoms with Crippen molar-refractivity contribution >= 4 is 11.9 Å². The first-order chi connectivity index (χ1) is 35.2. The van der Waals surface area contributed by atoms with Crippen LogP contribution in [0, 0.1) is 5.92 Å². The average molecular weight is 1070 g/mol. The van der Waals surface area contributed by atoms with Gasteiger partial charge < -0.3 is 103 Å². The molecule has 430 valence electrons. The van der Waals surface area contributed by atoms with Gasteiger partial charge in [-0.2, -0.15) is 0 Å². The molecular formula is C51H88O23. The van der Waals surface area contributed by atoms with Gasteiger partial charge in [0.2, 0.25) is 0 Å². The highest BCUT2D eigenvalue weighted by atomic mass is 16.8. The topological polar surface area (TPSA) is 327 Å². The highest BCUT2D eigenvalue weighted by Gasteiger charge is 2.58. The van der Waals surface area contributed by atoms with Gasteiger partial charge in [0.05, 0.1) is 42.5 Å². The molecule has 6 fully saturated rings. The zero-order chi connectivity index (χ0) is 54.1. The third kappa shape index (κ3) is 15.1. The fraction of sp³-hybridized carbons (Fsp3) is 0.961. The Morgan fingerprint density at radius 2 is 1.03 bits per heavy atom. The second-order valence-electron chi connectivity index (χ2n) is 21.3. The molecule has 0 radical (unpaired) electrons. The number of ether oxygens (including phenoxy) is 12. The van der Waals surface area contributed by atoms with Crippen LogP contribution in [-0.4, -0.2) is 218 Å². The van der Waals surface area contributed by atoms with Crippen LogP contribution in [-0.2, 0) is 66.4 Å². The summed E-state index contributed by atoms with van der Waals surface area (Å²) in [5.41, 5.74) is 0. The number of aliphatic hydroxyl groups is 9. The molecule has 6 heterocycles. The highest BCUT2D eigenvalue weighted by Crippen LogP contribution is 2.39. The molecule has 6 rings (SSSR count). The van der Waals surface area contributed by atoms with Gasteiger partial charge in [0.25, 0.3) is 0 Å². The van der Waals surface area contributed by atoms with Crippen molar-refractivity contribution in [1.82, 2.24) is 0 Å². The van der Waals surface area contributed by atoms with Crippen LogP contribution in [0.15, 0.2) is 0 Å². The van der Waals surface area contributed by atoms with Crippen LogP contribution in [0.25, 0.3) is 0 Å². The molecule has 0 aromatic heterocycles. The zero-order valence-corrected chi connectivity index (χ0v) is 44.2. The molecule has 27 unspecified atom stereocenters. The van der Waals surface area contributed by atoms with E-state index in [1.54, 1.807) is 27.7 Å². The van der Waals surface area contributed by atoms with Gasteiger partial charge in [0, 0.05) is 6.42 Å². The number of unbranched alkanes of at least 4 members (excludes halogenated alkanes) is 2. The maximum Gasteiger partial charge on any atom is 0.309 e. The lowest BCUT2D eigenvalue weighted by Gasteiger charge is -2.51. The number of hydrogen-bond acceptors (Lipinski definition) is 23. The minimum absolute atomic E-state index is 0.0194. The van der Waals surface area contributed by atoms with Crippen LogP contribution in [0.1, 0.15) is 145 Å². The molecule has 27 atom stereocenters. The van der Waals surface area contributed by atoms with Crippen molar-refractivity contribution in [3.63, 3.8) is 0 Å². The van der Waals surface area contributed by atoms with E-state index in [4.69, 9.17) is 56.8 Å². The van der Waals surface area contributed by atoms with Crippen LogP contribution in [0.5, 0.6) is 0 Å². The first-order valence-corrected chi connectivity index (χ1v) is 27.2. The van der Waals surface area contributed by atoms with Crippen LogP contribution in [0.2, 0.25) is 0 Å². The van der Waals surface area contributed by atoms with Crippen molar-refractivity contribution < 1.29 is 112 Å². The number of rotatable bonds is 13. The summed E-state index contributed by atoms with van der Waals surface area (Å²) in [5.74, 6) is -2.19. The van der Waals surface area contributed by atoms with Crippen LogP contribution in [0.4, 0.5) is 0 Å². The first-order valence-electron chi connectivity index (χ1n) is 27.2. The molecule has 0 amide bonds. The Morgan fingerprint density at radius 1 is 0.514 bits per heavy atom. The Bertz CT molecular complexity index is 1700. The van der Waals surface area contributed by atoms with Crippen molar-refractivity contribution in [3.8, 4) is 0 Å². The molecule has 6 saturated heterocycles. The summed E-state index contributed by atoms with van der Waals surface area (Å²) in [4.78, 5) is 27.8. The normalized spacial score (nSPS) is 47.0. The predicted molar refractivity (Wildman–Crippen MR) is 255 cm³/mol. The Morgan fingerprint density at radius 3 is 1.64 bits per heavy atom. The van der Waals surface area contributed by atoms with Crippen LogP contribution >= 0.6 is 0 Å². The summed E-state index contributed by atoms with van der Waals surface area (Å²) in [6, 6.07) is 0. The maximum atomic E-state index is 13.9. The smallest absolute Gasteiger partial charge is 0.309 e. The van der Waals surface area contributed by atoms with E-state index in [2.05, 4.69) is 6.92 Å². The third-order valence-electron chi connectivity index (χ3n) is 15.4. The summed E-state index contributed by atoms with van der Waals surface area (Å²) >= 11 is 0. The van der Waals surface area contributed by atoms with E-state index >= 15 is 0 Å². The van der Waals surface area contributed by atoms with E-state index in [1.807, 2.05) is 0 Å². The Labute approximate surface area is 434 Å². The molecule has 23 heteroatoms. The van der Waals surface area contributed by atoms with E-state index < -0.39 is 171 Å². The van der Waals surface area contributed by atoms with E-state index in [9.17, 15) is 55.5 Å². The van der Waals surface area contributed by atoms with Gasteiger partial charge in [-0.05, 0) is 60.3 Å². The van der Waals surface area contributed by atoms with Crippen LogP contribution in [0.3, 0.4) is 0 Å². The average Bonchev–Trinajstić information content (AvgIpc) is 3.36. The zero-order valence-electron chi connectivity index (χ0n) is 44.2. The number of fused-ring (bicyclic) bond motifs is 3. The molecule has 6 aliphatic rings. The van der Waals surface area contributed by atoms with E-state index in [0.717, 1.165) is 70.6 Å². The first kappa shape index (κ1) is 61.4. The van der Waals surface area contributed by atoms with Gasteiger partial charge >= 0.3 is 11.9 Å². The number of carbonyl (C=O) groups is 2. The molecule has 0 aromatic rings. The second-order valence-corrected chi connectivity index (χ2v) is 21.3. The van der Waals surface area contributed by atoms with Crippen molar-refractivity contribution in [1.29, 1.82) is 0 Å². The van der Waals surface area contributed by atoms with Gasteiger partial charge in [-0.1, -0.05) is 78.6 Å². The SMILES string of the molecule is CCCCCC1CCCCCCCCCC(=O)OC2C(O)C(OC(C)C2OC2OC(C)C(OC3OC(C)C(O)C(O)C3O)C(OC3OC(C)C(O)C(O)C3O)C2OC(=O)C(C)CC)OC2C(O1)OC(C)C(O)C2O. The number of esters is 2. The Balaban J connectivity index is 1.36. The Hall–Kier alpha value is -1.82. The summed E-state index contributed by atoms with van der Waals surface area (Å²) in [6.07, 6.45) is -27.4. The molecule has 2 bridgehead atoms. The number of hydrogen-bond donors (Lipinski definition) is 9. The summed E-state index contributed by atoms with van der Waals surface area (Å²) < 4.78 is 75.2. The highest BCUT2D eigenvalue weighted by molar-refractivity contribution is 5.72. The van der Waals surface area contributed by atoms with E-state index in [-0.39, 0.29) is 12.5 Å². The number of aliphatic hydroxyl groups excluding tert-OH is 9. The van der Waals surface area contributed by atoms with Gasteiger partial charge in [0.1, 0.15) is 79.4 Å². The lowest BCUT2D eigenvalue weighted by molar-refractivity contribution is -0.399. The fourth-order valence-corrected chi connectivity index (χ4v) is 10.3. The van der Waals surface area contributed by atoms with Gasteiger partial charge in [0.15, 0.2) is 43.7 Å². The summed E-state index contributed by atoms with van der Waals surface area (Å²) in [6.45, 7) is 13.0. The molecule has 0 spiro atoms. The monoisotopic (exact) mass is 1070 g/mol. The van der Waals surface area contributed by atoms with Gasteiger partial charge in [-0.3, -0.25) is 9.59 Å². The molecular weight excluding hydrogens is 981 g/mol. The minimum atomic E-state index is -1.89. The third-order valence-corrected chi connectivity index (χ3v) is 15.4. The quantitative estimate of drug-likeness (QED) is 0.0912. The molecule has 0 saturated carbocycles. The fourth-order valence-electron chi connectivity index (χ4n) is 10.3. The lowest BCUT2D eigenvalue weighted by atomic mass is 9.95. The van der Waals surface area contributed by atoms with E-state index in [0.29, 0.717) is 12.8 Å². The number of carbonyl (C=O) groups excluding carboxylic acids is 2. The molecule has 0 aromatic carbocycles. The van der Waals surface area contributed by atoms with Gasteiger partial charge in [-0.15, -0.1) is 0 Å². The summed E-state index contributed by atoms with van der Waals surface area (Å²) in [7, 11) is 0. The largest absolute Gasteiger partial charge is 0.456 e. The van der Waals surface area contributed by atoms with E-state index in [1.165, 1.54) is 20.8 Å². The molecule has 74 heavy (non-hydrogen) atoms. The predicted octanol–water partition coefficient (Wildman–Crippen LogP) is 0.859. The molecule has 6 aliphatic heterocycles. The Kier molecular flexibility index (Phi) is 23.5. The van der Waals surface area contributed by atoms with Crippen molar-refractivity contribution in [2.45, 2.75) is 305 Å². The van der Waals surface area contributed by atoms with Crippen molar-refractivity contribution in [3.05, 3.63) is 0 Å². The second kappa shape index (κ2) is 28.4. The standard InChI is InChI=1S/C51H88O23/c1-9-11-17-20-29-21-18-15-13-12-14-16-19-22-30(52)69-42-39(61)49(73-43-36(58)33(55)26(6)65-50(43)68-29)66-27(7)40(42)72-51-45(70-46(62)23(3)10-2)44(74-48-38(60)35(57)32(54)25(5)64-48)41(28(8)67-51)71-47-37(59)34(56)31(53)24(4)63-47/h23-29,31-45,47-51,53-61H,9-22H2,1-8H3.